The number of nitrogens with zero attached hydrogens (tertiary/aromatic N) is 4. The van der Waals surface area contributed by atoms with E-state index in [1.165, 1.54) is 29.8 Å². The summed E-state index contributed by atoms with van der Waals surface area (Å²) in [5.74, 6) is -1.09. The number of rotatable bonds is 3. The maximum Gasteiger partial charge on any atom is 0.328 e. The van der Waals surface area contributed by atoms with E-state index in [4.69, 9.17) is 5.11 Å². The van der Waals surface area contributed by atoms with E-state index in [1.54, 1.807) is 6.92 Å². The van der Waals surface area contributed by atoms with Crippen LogP contribution in [0.2, 0.25) is 0 Å². The molecular weight excluding hydrogens is 239 g/mol. The summed E-state index contributed by atoms with van der Waals surface area (Å²) in [4.78, 5) is 10.9. The lowest BCUT2D eigenvalue weighted by Gasteiger charge is -2.10. The van der Waals surface area contributed by atoms with E-state index >= 15 is 0 Å². The molecule has 0 aliphatic heterocycles. The zero-order chi connectivity index (χ0) is 13.3. The van der Waals surface area contributed by atoms with Gasteiger partial charge in [0.05, 0.1) is 0 Å². The van der Waals surface area contributed by atoms with E-state index in [0.29, 0.717) is 17.0 Å². The van der Waals surface area contributed by atoms with Crippen LogP contribution in [-0.4, -0.2) is 31.3 Å². The van der Waals surface area contributed by atoms with Crippen molar-refractivity contribution in [3.8, 4) is 11.4 Å². The van der Waals surface area contributed by atoms with Crippen LogP contribution in [-0.2, 0) is 4.79 Å². The van der Waals surface area contributed by atoms with Crippen LogP contribution in [0.15, 0.2) is 18.2 Å². The Morgan fingerprint density at radius 2 is 2.22 bits per heavy atom. The zero-order valence-corrected chi connectivity index (χ0v) is 9.83. The van der Waals surface area contributed by atoms with Crippen molar-refractivity contribution in [2.45, 2.75) is 19.9 Å². The number of carbonyl (C=O) groups is 1. The highest BCUT2D eigenvalue weighted by atomic mass is 19.1. The van der Waals surface area contributed by atoms with Crippen LogP contribution in [0.3, 0.4) is 0 Å². The number of aryl methyl sites for hydroxylation is 1. The third kappa shape index (κ3) is 2.06. The second kappa shape index (κ2) is 4.52. The number of aliphatic carboxylic acids is 1. The van der Waals surface area contributed by atoms with Crippen LogP contribution in [0.25, 0.3) is 11.4 Å². The molecule has 0 aliphatic carbocycles. The molecule has 1 N–H and O–H groups in total. The van der Waals surface area contributed by atoms with Crippen molar-refractivity contribution in [1.29, 1.82) is 0 Å². The summed E-state index contributed by atoms with van der Waals surface area (Å²) < 4.78 is 14.2. The minimum atomic E-state index is -1.04. The first-order valence-corrected chi connectivity index (χ1v) is 5.28. The number of benzene rings is 1. The van der Waals surface area contributed by atoms with Crippen LogP contribution in [0.1, 0.15) is 18.5 Å². The van der Waals surface area contributed by atoms with Crippen molar-refractivity contribution in [1.82, 2.24) is 20.2 Å². The van der Waals surface area contributed by atoms with Crippen LogP contribution in [0.4, 0.5) is 4.39 Å². The fraction of sp³-hybridized carbons (Fsp3) is 0.273. The van der Waals surface area contributed by atoms with Gasteiger partial charge in [-0.15, -0.1) is 5.10 Å². The van der Waals surface area contributed by atoms with Gasteiger partial charge in [0.2, 0.25) is 0 Å². The maximum absolute atomic E-state index is 13.0. The van der Waals surface area contributed by atoms with E-state index in [1.807, 2.05) is 0 Å². The van der Waals surface area contributed by atoms with Gasteiger partial charge in [-0.3, -0.25) is 0 Å². The van der Waals surface area contributed by atoms with Crippen molar-refractivity contribution in [3.63, 3.8) is 0 Å². The third-order valence-electron chi connectivity index (χ3n) is 2.65. The first kappa shape index (κ1) is 12.2. The fourth-order valence-electron chi connectivity index (χ4n) is 1.61. The van der Waals surface area contributed by atoms with E-state index < -0.39 is 12.0 Å². The quantitative estimate of drug-likeness (QED) is 0.891. The molecule has 1 aromatic carbocycles. The lowest BCUT2D eigenvalue weighted by molar-refractivity contribution is -0.140. The number of tetrazole rings is 1. The number of hydrogen-bond acceptors (Lipinski definition) is 4. The van der Waals surface area contributed by atoms with Gasteiger partial charge >= 0.3 is 5.97 Å². The summed E-state index contributed by atoms with van der Waals surface area (Å²) in [5.41, 5.74) is 1.25. The molecule has 1 aromatic heterocycles. The molecule has 0 aliphatic rings. The molecule has 7 heteroatoms. The van der Waals surface area contributed by atoms with Gasteiger partial charge in [-0.1, -0.05) is 0 Å². The highest BCUT2D eigenvalue weighted by Gasteiger charge is 2.21. The number of carboxylic acid groups (broad SMARTS) is 1. The molecular formula is C11H11FN4O2. The number of carboxylic acids is 1. The minimum Gasteiger partial charge on any atom is -0.480 e. The molecule has 0 bridgehead atoms. The standard InChI is InChI=1S/C11H11FN4O2/c1-6-5-8(12)3-4-9(6)10-13-14-15-16(10)7(2)11(17)18/h3-5,7H,1-2H3,(H,17,18). The third-order valence-corrected chi connectivity index (χ3v) is 2.65. The molecule has 2 rings (SSSR count). The molecule has 0 saturated heterocycles. The monoisotopic (exact) mass is 250 g/mol. The molecule has 0 amide bonds. The lowest BCUT2D eigenvalue weighted by atomic mass is 10.1. The molecule has 94 valence electrons. The predicted molar refractivity (Wildman–Crippen MR) is 60.3 cm³/mol. The SMILES string of the molecule is Cc1cc(F)ccc1-c1nnnn1C(C)C(=O)O. The van der Waals surface area contributed by atoms with E-state index in [-0.39, 0.29) is 5.82 Å². The Kier molecular flexibility index (Phi) is 3.05. The van der Waals surface area contributed by atoms with Gasteiger partial charge in [-0.25, -0.2) is 13.9 Å². The van der Waals surface area contributed by atoms with Gasteiger partial charge in [0.25, 0.3) is 0 Å². The largest absolute Gasteiger partial charge is 0.480 e. The van der Waals surface area contributed by atoms with Crippen molar-refractivity contribution in [2.75, 3.05) is 0 Å². The van der Waals surface area contributed by atoms with Crippen LogP contribution in [0.5, 0.6) is 0 Å². The zero-order valence-electron chi connectivity index (χ0n) is 9.83. The fourth-order valence-corrected chi connectivity index (χ4v) is 1.61. The van der Waals surface area contributed by atoms with Crippen LogP contribution in [0, 0.1) is 12.7 Å². The molecule has 6 nitrogen and oxygen atoms in total. The van der Waals surface area contributed by atoms with Crippen molar-refractivity contribution in [3.05, 3.63) is 29.6 Å². The average Bonchev–Trinajstić information content (AvgIpc) is 2.76. The molecule has 0 fully saturated rings. The van der Waals surface area contributed by atoms with Gasteiger partial charge in [0.1, 0.15) is 5.82 Å². The normalized spacial score (nSPS) is 12.4. The Balaban J connectivity index is 2.52. The number of aromatic nitrogens is 4. The number of halogens is 1. The average molecular weight is 250 g/mol. The summed E-state index contributed by atoms with van der Waals surface area (Å²) in [6, 6.07) is 3.27. The Bertz CT molecular complexity index is 596. The molecule has 0 radical (unpaired) electrons. The molecule has 18 heavy (non-hydrogen) atoms. The van der Waals surface area contributed by atoms with Gasteiger partial charge in [0.15, 0.2) is 11.9 Å². The topological polar surface area (TPSA) is 80.9 Å². The molecule has 1 atom stereocenters. The van der Waals surface area contributed by atoms with Crippen molar-refractivity contribution < 1.29 is 14.3 Å². The van der Waals surface area contributed by atoms with Gasteiger partial charge in [-0.05, 0) is 48.0 Å². The maximum atomic E-state index is 13.0. The Hall–Kier alpha value is -2.31. The van der Waals surface area contributed by atoms with Gasteiger partial charge < -0.3 is 5.11 Å². The Labute approximate surface area is 102 Å². The highest BCUT2D eigenvalue weighted by Crippen LogP contribution is 2.23. The smallest absolute Gasteiger partial charge is 0.328 e. The molecule has 1 unspecified atom stereocenters. The first-order valence-electron chi connectivity index (χ1n) is 5.28. The highest BCUT2D eigenvalue weighted by molar-refractivity contribution is 5.72. The second-order valence-corrected chi connectivity index (χ2v) is 3.92. The summed E-state index contributed by atoms with van der Waals surface area (Å²) >= 11 is 0. The lowest BCUT2D eigenvalue weighted by Crippen LogP contribution is -2.18. The van der Waals surface area contributed by atoms with Gasteiger partial charge in [-0.2, -0.15) is 0 Å². The van der Waals surface area contributed by atoms with E-state index in [0.717, 1.165) is 0 Å². The summed E-state index contributed by atoms with van der Waals surface area (Å²) in [6.45, 7) is 3.18. The molecule has 0 saturated carbocycles. The minimum absolute atomic E-state index is 0.308. The first-order chi connectivity index (χ1) is 8.50. The van der Waals surface area contributed by atoms with Crippen molar-refractivity contribution in [2.24, 2.45) is 0 Å². The summed E-state index contributed by atoms with van der Waals surface area (Å²) in [5, 5.41) is 19.9. The molecule has 0 spiro atoms. The summed E-state index contributed by atoms with van der Waals surface area (Å²) in [7, 11) is 0. The number of hydrogen-bond donors (Lipinski definition) is 1. The Morgan fingerprint density at radius 3 is 2.83 bits per heavy atom. The second-order valence-electron chi connectivity index (χ2n) is 3.92. The van der Waals surface area contributed by atoms with Crippen LogP contribution < -0.4 is 0 Å². The molecule has 1 heterocycles. The van der Waals surface area contributed by atoms with Crippen LogP contribution >= 0.6 is 0 Å². The van der Waals surface area contributed by atoms with E-state index in [2.05, 4.69) is 15.5 Å². The summed E-state index contributed by atoms with van der Waals surface area (Å²) in [6.07, 6.45) is 0. The Morgan fingerprint density at radius 1 is 1.50 bits per heavy atom. The predicted octanol–water partition coefficient (Wildman–Crippen LogP) is 1.43. The van der Waals surface area contributed by atoms with Gasteiger partial charge in [0, 0.05) is 5.56 Å². The van der Waals surface area contributed by atoms with Crippen molar-refractivity contribution >= 4 is 5.97 Å². The molecule has 2 aromatic rings. The van der Waals surface area contributed by atoms with E-state index in [9.17, 15) is 9.18 Å².